The Balaban J connectivity index is 1.39. The smallest absolute Gasteiger partial charge is 0.316 e. The number of benzene rings is 1. The number of nitrogens with zero attached hydrogens (tertiary/aromatic N) is 1. The summed E-state index contributed by atoms with van der Waals surface area (Å²) < 4.78 is 11.6. The number of carbonyl (C=O) groups excluding carboxylic acids is 1. The average Bonchev–Trinajstić information content (AvgIpc) is 3.38. The number of piperidine rings is 1. The number of morpholine rings is 1. The second kappa shape index (κ2) is 7.06. The van der Waals surface area contributed by atoms with Crippen molar-refractivity contribution in [2.24, 2.45) is 0 Å². The Morgan fingerprint density at radius 3 is 2.56 bits per heavy atom. The lowest BCUT2D eigenvalue weighted by molar-refractivity contribution is -0.157. The molecule has 0 radical (unpaired) electrons. The van der Waals surface area contributed by atoms with Gasteiger partial charge in [-0.1, -0.05) is 43.7 Å². The monoisotopic (exact) mass is 345 g/mol. The van der Waals surface area contributed by atoms with Crippen molar-refractivity contribution in [1.29, 1.82) is 0 Å². The minimum absolute atomic E-state index is 0.0606. The van der Waals surface area contributed by atoms with Crippen LogP contribution in [-0.4, -0.2) is 59.5 Å². The number of fused-ring (bicyclic) bond motifs is 5. The van der Waals surface area contributed by atoms with Gasteiger partial charge in [0.1, 0.15) is 24.2 Å². The summed E-state index contributed by atoms with van der Waals surface area (Å²) >= 11 is 0. The maximum Gasteiger partial charge on any atom is 0.316 e. The maximum atomic E-state index is 12.6. The minimum Gasteiger partial charge on any atom is -0.462 e. The van der Waals surface area contributed by atoms with Crippen LogP contribution in [0.25, 0.3) is 0 Å². The first kappa shape index (κ1) is 17.0. The normalized spacial score (nSPS) is 34.4. The summed E-state index contributed by atoms with van der Waals surface area (Å²) in [6.07, 6.45) is 4.72. The van der Waals surface area contributed by atoms with E-state index in [9.17, 15) is 9.90 Å². The summed E-state index contributed by atoms with van der Waals surface area (Å²) in [5.41, 5.74) is 0.810. The molecule has 5 nitrogen and oxygen atoms in total. The highest BCUT2D eigenvalue weighted by atomic mass is 16.6. The van der Waals surface area contributed by atoms with Crippen molar-refractivity contribution in [2.75, 3.05) is 13.2 Å². The zero-order valence-corrected chi connectivity index (χ0v) is 14.7. The van der Waals surface area contributed by atoms with Crippen LogP contribution in [0.5, 0.6) is 0 Å². The molecule has 1 aromatic carbocycles. The first-order valence-corrected chi connectivity index (χ1v) is 9.50. The Labute approximate surface area is 148 Å². The highest BCUT2D eigenvalue weighted by Gasteiger charge is 2.63. The van der Waals surface area contributed by atoms with Gasteiger partial charge in [0.2, 0.25) is 0 Å². The molecule has 4 rings (SSSR count). The first-order valence-electron chi connectivity index (χ1n) is 9.50. The number of epoxide rings is 1. The number of hydrogen-bond donors (Lipinski definition) is 1. The fourth-order valence-electron chi connectivity index (χ4n) is 4.57. The van der Waals surface area contributed by atoms with Gasteiger partial charge in [0.15, 0.2) is 0 Å². The molecule has 3 heterocycles. The van der Waals surface area contributed by atoms with Gasteiger partial charge in [-0.05, 0) is 18.5 Å². The number of aliphatic hydroxyl groups excluding tert-OH is 1. The first-order chi connectivity index (χ1) is 12.2. The zero-order valence-electron chi connectivity index (χ0n) is 14.7. The molecule has 3 aliphatic heterocycles. The van der Waals surface area contributed by atoms with Crippen LogP contribution in [0.3, 0.4) is 0 Å². The van der Waals surface area contributed by atoms with Crippen LogP contribution >= 0.6 is 0 Å². The molecule has 0 amide bonds. The summed E-state index contributed by atoms with van der Waals surface area (Å²) in [6, 6.07) is 10.2. The van der Waals surface area contributed by atoms with Crippen LogP contribution in [0.2, 0.25) is 0 Å². The van der Waals surface area contributed by atoms with Crippen molar-refractivity contribution in [3.8, 4) is 0 Å². The van der Waals surface area contributed by atoms with E-state index >= 15 is 0 Å². The topological polar surface area (TPSA) is 62.3 Å². The second-order valence-corrected chi connectivity index (χ2v) is 7.47. The molecular weight excluding hydrogens is 318 g/mol. The standard InChI is InChI=1S/C20H27NO4/c1-2-3-9-21-16-10-14(11-17(21)19-18(16)25-19)24-20(23)15(12-22)13-7-5-4-6-8-13/h4-8,14-19,22H,2-3,9-12H2,1H3/t14?,15-,16?,17?,18?,19?/m0/s1. The lowest BCUT2D eigenvalue weighted by atomic mass is 9.97. The van der Waals surface area contributed by atoms with Gasteiger partial charge in [0.05, 0.1) is 6.61 Å². The summed E-state index contributed by atoms with van der Waals surface area (Å²) in [4.78, 5) is 15.2. The predicted molar refractivity (Wildman–Crippen MR) is 93.2 cm³/mol. The number of aliphatic hydroxyl groups is 1. The molecule has 25 heavy (non-hydrogen) atoms. The van der Waals surface area contributed by atoms with E-state index in [4.69, 9.17) is 9.47 Å². The van der Waals surface area contributed by atoms with Gasteiger partial charge in [0.25, 0.3) is 0 Å². The number of carbonyl (C=O) groups is 1. The van der Waals surface area contributed by atoms with Crippen molar-refractivity contribution in [3.05, 3.63) is 35.9 Å². The largest absolute Gasteiger partial charge is 0.462 e. The van der Waals surface area contributed by atoms with Crippen LogP contribution in [0, 0.1) is 0 Å². The molecule has 136 valence electrons. The third-order valence-electron chi connectivity index (χ3n) is 5.90. The molecular formula is C20H27NO4. The lowest BCUT2D eigenvalue weighted by Gasteiger charge is -2.40. The molecule has 0 aromatic heterocycles. The quantitative estimate of drug-likeness (QED) is 0.606. The molecule has 0 saturated carbocycles. The van der Waals surface area contributed by atoms with E-state index in [1.165, 1.54) is 12.8 Å². The molecule has 3 saturated heterocycles. The van der Waals surface area contributed by atoms with Gasteiger partial charge in [-0.2, -0.15) is 0 Å². The Kier molecular flexibility index (Phi) is 4.80. The second-order valence-electron chi connectivity index (χ2n) is 7.47. The van der Waals surface area contributed by atoms with E-state index in [-0.39, 0.29) is 18.7 Å². The van der Waals surface area contributed by atoms with Gasteiger partial charge < -0.3 is 14.6 Å². The van der Waals surface area contributed by atoms with Crippen LogP contribution in [0.4, 0.5) is 0 Å². The zero-order chi connectivity index (χ0) is 17.4. The summed E-state index contributed by atoms with van der Waals surface area (Å²) in [6.45, 7) is 3.11. The fraction of sp³-hybridized carbons (Fsp3) is 0.650. The Morgan fingerprint density at radius 1 is 1.28 bits per heavy atom. The molecule has 0 aliphatic carbocycles. The van der Waals surface area contributed by atoms with E-state index in [1.54, 1.807) is 0 Å². The molecule has 2 bridgehead atoms. The van der Waals surface area contributed by atoms with Crippen molar-refractivity contribution >= 4 is 5.97 Å². The van der Waals surface area contributed by atoms with Crippen molar-refractivity contribution < 1.29 is 19.4 Å². The maximum absolute atomic E-state index is 12.6. The number of ether oxygens (including phenoxy) is 2. The van der Waals surface area contributed by atoms with Crippen molar-refractivity contribution in [2.45, 2.75) is 68.9 Å². The summed E-state index contributed by atoms with van der Waals surface area (Å²) in [7, 11) is 0. The van der Waals surface area contributed by atoms with Crippen LogP contribution in [0.1, 0.15) is 44.1 Å². The number of esters is 1. The fourth-order valence-corrected chi connectivity index (χ4v) is 4.57. The van der Waals surface area contributed by atoms with Gasteiger partial charge >= 0.3 is 5.97 Å². The van der Waals surface area contributed by atoms with E-state index in [0.717, 1.165) is 24.9 Å². The van der Waals surface area contributed by atoms with Crippen LogP contribution < -0.4 is 0 Å². The summed E-state index contributed by atoms with van der Waals surface area (Å²) in [5.74, 6) is -0.905. The highest BCUT2D eigenvalue weighted by molar-refractivity contribution is 5.78. The van der Waals surface area contributed by atoms with Crippen molar-refractivity contribution in [1.82, 2.24) is 4.90 Å². The van der Waals surface area contributed by atoms with E-state index < -0.39 is 5.92 Å². The highest BCUT2D eigenvalue weighted by Crippen LogP contribution is 2.49. The molecule has 1 N–H and O–H groups in total. The Morgan fingerprint density at radius 2 is 1.96 bits per heavy atom. The minimum atomic E-state index is -0.595. The molecule has 1 aromatic rings. The average molecular weight is 345 g/mol. The molecule has 0 spiro atoms. The summed E-state index contributed by atoms with van der Waals surface area (Å²) in [5, 5.41) is 9.65. The van der Waals surface area contributed by atoms with Gasteiger partial charge in [-0.25, -0.2) is 0 Å². The number of hydrogen-bond acceptors (Lipinski definition) is 5. The third-order valence-corrected chi connectivity index (χ3v) is 5.90. The lowest BCUT2D eigenvalue weighted by Crippen LogP contribution is -2.50. The number of rotatable bonds is 7. The van der Waals surface area contributed by atoms with Gasteiger partial charge in [-0.3, -0.25) is 9.69 Å². The van der Waals surface area contributed by atoms with Gasteiger partial charge in [0, 0.05) is 24.9 Å². The number of unbranched alkanes of at least 4 members (excludes halogenated alkanes) is 1. The Hall–Kier alpha value is -1.43. The van der Waals surface area contributed by atoms with Crippen molar-refractivity contribution in [3.63, 3.8) is 0 Å². The molecule has 3 aliphatic rings. The molecule has 3 fully saturated rings. The Bertz CT molecular complexity index is 589. The predicted octanol–water partition coefficient (Wildman–Crippen LogP) is 2.09. The van der Waals surface area contributed by atoms with Crippen LogP contribution in [-0.2, 0) is 14.3 Å². The van der Waals surface area contributed by atoms with E-state index in [0.29, 0.717) is 24.3 Å². The third kappa shape index (κ3) is 3.21. The van der Waals surface area contributed by atoms with E-state index in [1.807, 2.05) is 30.3 Å². The molecule has 4 unspecified atom stereocenters. The molecule has 5 heteroatoms. The SMILES string of the molecule is CCCCN1C2CC(OC(=O)[C@@H](CO)c3ccccc3)CC1C1OC12. The van der Waals surface area contributed by atoms with Gasteiger partial charge in [-0.15, -0.1) is 0 Å². The van der Waals surface area contributed by atoms with Crippen LogP contribution in [0.15, 0.2) is 30.3 Å². The molecule has 5 atom stereocenters. The van der Waals surface area contributed by atoms with E-state index in [2.05, 4.69) is 11.8 Å².